The summed E-state index contributed by atoms with van der Waals surface area (Å²) in [4.78, 5) is 0. The second kappa shape index (κ2) is 1.81. The van der Waals surface area contributed by atoms with Crippen LogP contribution >= 0.6 is 0 Å². The first-order valence-electron chi connectivity index (χ1n) is 5.65. The Balaban J connectivity index is 1.51. The highest BCUT2D eigenvalue weighted by Crippen LogP contribution is 2.64. The molecule has 12 heavy (non-hydrogen) atoms. The van der Waals surface area contributed by atoms with Crippen molar-refractivity contribution in [2.75, 3.05) is 0 Å². The van der Waals surface area contributed by atoms with Crippen molar-refractivity contribution < 1.29 is 0 Å². The van der Waals surface area contributed by atoms with Gasteiger partial charge in [0.1, 0.15) is 0 Å². The van der Waals surface area contributed by atoms with Crippen LogP contribution in [0, 0.1) is 23.7 Å². The Kier molecular flexibility index (Phi) is 0.939. The maximum Gasteiger partial charge on any atom is -0.0134 e. The fourth-order valence-corrected chi connectivity index (χ4v) is 2.99. The number of allylic oxidation sites excluding steroid dienone is 2. The summed E-state index contributed by atoms with van der Waals surface area (Å²) in [5, 5.41) is 0. The van der Waals surface area contributed by atoms with Gasteiger partial charge in [0.25, 0.3) is 0 Å². The van der Waals surface area contributed by atoms with Gasteiger partial charge in [-0.2, -0.15) is 0 Å². The van der Waals surface area contributed by atoms with Gasteiger partial charge in [0.2, 0.25) is 0 Å². The molecule has 0 aromatic carbocycles. The average Bonchev–Trinajstić information content (AvgIpc) is 2.81. The molecule has 4 fully saturated rings. The lowest BCUT2D eigenvalue weighted by Gasteiger charge is -1.85. The molecule has 4 saturated carbocycles. The molecule has 0 nitrogen and oxygen atoms in total. The van der Waals surface area contributed by atoms with Crippen molar-refractivity contribution in [1.29, 1.82) is 0 Å². The van der Waals surface area contributed by atoms with E-state index in [2.05, 4.69) is 0 Å². The van der Waals surface area contributed by atoms with Gasteiger partial charge in [-0.3, -0.25) is 0 Å². The minimum Gasteiger partial charge on any atom is -0.0664 e. The minimum atomic E-state index is 1.11. The van der Waals surface area contributed by atoms with Crippen molar-refractivity contribution in [3.8, 4) is 0 Å². The maximum atomic E-state index is 1.94. The first-order chi connectivity index (χ1) is 5.93. The molecule has 2 atom stereocenters. The average molecular weight is 160 g/mol. The number of hydrogen-bond donors (Lipinski definition) is 0. The molecule has 0 aliphatic heterocycles. The lowest BCUT2D eigenvalue weighted by atomic mass is 10.2. The Labute approximate surface area is 74.0 Å². The van der Waals surface area contributed by atoms with Crippen LogP contribution in [-0.4, -0.2) is 0 Å². The molecule has 4 rings (SSSR count). The van der Waals surface area contributed by atoms with Gasteiger partial charge in [0.15, 0.2) is 0 Å². The van der Waals surface area contributed by atoms with E-state index in [1.165, 1.54) is 12.8 Å². The van der Waals surface area contributed by atoms with E-state index in [4.69, 9.17) is 0 Å². The lowest BCUT2D eigenvalue weighted by molar-refractivity contribution is 0.729. The first-order valence-corrected chi connectivity index (χ1v) is 5.65. The topological polar surface area (TPSA) is 0 Å². The molecule has 4 aliphatic carbocycles. The van der Waals surface area contributed by atoms with Crippen LogP contribution in [0.1, 0.15) is 38.5 Å². The van der Waals surface area contributed by atoms with Crippen molar-refractivity contribution in [3.05, 3.63) is 11.1 Å². The van der Waals surface area contributed by atoms with Crippen LogP contribution in [0.2, 0.25) is 0 Å². The Morgan fingerprint density at radius 3 is 1.42 bits per heavy atom. The Hall–Kier alpha value is -0.260. The SMILES string of the molecule is C1CC1[C@@H]1C/C1=C1\C[C@@H]1C1CC1. The van der Waals surface area contributed by atoms with E-state index in [1.54, 1.807) is 25.7 Å². The summed E-state index contributed by atoms with van der Waals surface area (Å²) in [6.07, 6.45) is 9.24. The lowest BCUT2D eigenvalue weighted by Crippen LogP contribution is -1.77. The Morgan fingerprint density at radius 2 is 1.08 bits per heavy atom. The number of hydrogen-bond acceptors (Lipinski definition) is 0. The summed E-state index contributed by atoms with van der Waals surface area (Å²) in [6.45, 7) is 0. The molecular weight excluding hydrogens is 144 g/mol. The zero-order chi connectivity index (χ0) is 7.71. The van der Waals surface area contributed by atoms with Gasteiger partial charge in [-0.25, -0.2) is 0 Å². The molecular formula is C12H16. The van der Waals surface area contributed by atoms with Crippen LogP contribution < -0.4 is 0 Å². The van der Waals surface area contributed by atoms with Crippen molar-refractivity contribution in [3.63, 3.8) is 0 Å². The molecule has 0 unspecified atom stereocenters. The van der Waals surface area contributed by atoms with Gasteiger partial charge < -0.3 is 0 Å². The summed E-state index contributed by atoms with van der Waals surface area (Å²) in [7, 11) is 0. The van der Waals surface area contributed by atoms with Gasteiger partial charge in [0, 0.05) is 0 Å². The third kappa shape index (κ3) is 0.841. The van der Waals surface area contributed by atoms with Crippen LogP contribution in [0.3, 0.4) is 0 Å². The molecule has 0 saturated heterocycles. The molecule has 0 spiro atoms. The highest BCUT2D eigenvalue weighted by molar-refractivity contribution is 5.42. The predicted octanol–water partition coefficient (Wildman–Crippen LogP) is 3.14. The van der Waals surface area contributed by atoms with Gasteiger partial charge in [-0.1, -0.05) is 11.1 Å². The van der Waals surface area contributed by atoms with Crippen LogP contribution in [-0.2, 0) is 0 Å². The monoisotopic (exact) mass is 160 g/mol. The normalized spacial score (nSPS) is 51.0. The zero-order valence-electron chi connectivity index (χ0n) is 7.55. The van der Waals surface area contributed by atoms with Crippen molar-refractivity contribution in [1.82, 2.24) is 0 Å². The van der Waals surface area contributed by atoms with Gasteiger partial charge in [-0.05, 0) is 62.2 Å². The minimum absolute atomic E-state index is 1.11. The Bertz CT molecular complexity index is 238. The third-order valence-electron chi connectivity index (χ3n) is 4.25. The van der Waals surface area contributed by atoms with Crippen molar-refractivity contribution in [2.24, 2.45) is 23.7 Å². The van der Waals surface area contributed by atoms with E-state index >= 15 is 0 Å². The smallest absolute Gasteiger partial charge is 0.0134 e. The van der Waals surface area contributed by atoms with Crippen LogP contribution in [0.5, 0.6) is 0 Å². The van der Waals surface area contributed by atoms with Crippen LogP contribution in [0.25, 0.3) is 0 Å². The van der Waals surface area contributed by atoms with E-state index < -0.39 is 0 Å². The molecule has 0 N–H and O–H groups in total. The fraction of sp³-hybridized carbons (Fsp3) is 0.833. The highest BCUT2D eigenvalue weighted by Gasteiger charge is 2.51. The molecule has 0 heteroatoms. The quantitative estimate of drug-likeness (QED) is 0.544. The molecule has 4 aliphatic rings. The summed E-state index contributed by atoms with van der Waals surface area (Å²) < 4.78 is 0. The molecule has 0 radical (unpaired) electrons. The van der Waals surface area contributed by atoms with Gasteiger partial charge >= 0.3 is 0 Å². The number of rotatable bonds is 2. The van der Waals surface area contributed by atoms with Crippen LogP contribution in [0.15, 0.2) is 11.1 Å². The van der Waals surface area contributed by atoms with Gasteiger partial charge in [0.05, 0.1) is 0 Å². The van der Waals surface area contributed by atoms with Crippen molar-refractivity contribution >= 4 is 0 Å². The molecule has 0 aromatic rings. The molecule has 0 aromatic heterocycles. The van der Waals surface area contributed by atoms with E-state index in [9.17, 15) is 0 Å². The molecule has 0 heterocycles. The van der Waals surface area contributed by atoms with E-state index in [1.807, 2.05) is 11.1 Å². The fourth-order valence-electron chi connectivity index (χ4n) is 2.99. The van der Waals surface area contributed by atoms with Gasteiger partial charge in [-0.15, -0.1) is 0 Å². The summed E-state index contributed by atoms with van der Waals surface area (Å²) in [5.41, 5.74) is 3.88. The summed E-state index contributed by atoms with van der Waals surface area (Å²) in [6, 6.07) is 0. The predicted molar refractivity (Wildman–Crippen MR) is 48.7 cm³/mol. The standard InChI is InChI=1S/C12H16/c1-2-7(1)9-5-11(9)12-6-10(12)8-3-4-8/h7-10H,1-6H2/b12-11-/t9-,10+. The largest absolute Gasteiger partial charge is 0.0664 e. The summed E-state index contributed by atoms with van der Waals surface area (Å²) >= 11 is 0. The molecule has 64 valence electrons. The zero-order valence-corrected chi connectivity index (χ0v) is 7.55. The van der Waals surface area contributed by atoms with E-state index in [0.717, 1.165) is 23.7 Å². The second-order valence-corrected chi connectivity index (χ2v) is 5.35. The van der Waals surface area contributed by atoms with E-state index in [-0.39, 0.29) is 0 Å². The molecule has 0 bridgehead atoms. The van der Waals surface area contributed by atoms with E-state index in [0.29, 0.717) is 0 Å². The first kappa shape index (κ1) is 6.23. The van der Waals surface area contributed by atoms with Crippen LogP contribution in [0.4, 0.5) is 0 Å². The third-order valence-corrected chi connectivity index (χ3v) is 4.25. The summed E-state index contributed by atoms with van der Waals surface area (Å²) in [5.74, 6) is 4.55. The second-order valence-electron chi connectivity index (χ2n) is 5.35. The highest BCUT2D eigenvalue weighted by atomic mass is 14.6. The maximum absolute atomic E-state index is 1.94. The molecule has 0 amide bonds. The Morgan fingerprint density at radius 1 is 0.667 bits per heavy atom. The van der Waals surface area contributed by atoms with Crippen molar-refractivity contribution in [2.45, 2.75) is 38.5 Å².